The number of piperidine rings is 1. The van der Waals surface area contributed by atoms with E-state index in [0.29, 0.717) is 29.5 Å². The Morgan fingerprint density at radius 2 is 1.74 bits per heavy atom. The number of ketones is 1. The van der Waals surface area contributed by atoms with Gasteiger partial charge in [-0.15, -0.1) is 0 Å². The van der Waals surface area contributed by atoms with Gasteiger partial charge in [-0.3, -0.25) is 9.59 Å². The molecule has 0 bridgehead atoms. The monoisotopic (exact) mass is 430 g/mol. The maximum Gasteiger partial charge on any atom is 0.311 e. The Morgan fingerprint density at radius 3 is 2.55 bits per heavy atom. The van der Waals surface area contributed by atoms with Crippen LogP contribution in [-0.4, -0.2) is 37.5 Å². The molecule has 4 saturated carbocycles. The molecule has 0 radical (unpaired) electrons. The number of ether oxygens (including phenoxy) is 1. The molecule has 5 aliphatic rings. The first kappa shape index (κ1) is 21.9. The van der Waals surface area contributed by atoms with E-state index in [0.717, 1.165) is 44.1 Å². The maximum absolute atomic E-state index is 12.7. The second-order valence-corrected chi connectivity index (χ2v) is 12.3. The van der Waals surface area contributed by atoms with Crippen LogP contribution in [0.1, 0.15) is 97.3 Å². The number of esters is 1. The van der Waals surface area contributed by atoms with Crippen LogP contribution >= 0.6 is 0 Å². The smallest absolute Gasteiger partial charge is 0.311 e. The van der Waals surface area contributed by atoms with Gasteiger partial charge in [0.2, 0.25) is 0 Å². The Bertz CT molecular complexity index is 701. The normalized spacial score (nSPS) is 45.5. The highest BCUT2D eigenvalue weighted by Gasteiger charge is 2.61. The largest absolute Gasteiger partial charge is 0.462 e. The number of carbonyl (C=O) groups excluding carboxylic acids is 2. The molecule has 1 aliphatic heterocycles. The van der Waals surface area contributed by atoms with Crippen molar-refractivity contribution < 1.29 is 19.2 Å². The van der Waals surface area contributed by atoms with Gasteiger partial charge in [-0.1, -0.05) is 13.8 Å². The molecular weight excluding hydrogens is 386 g/mol. The van der Waals surface area contributed by atoms with Crippen LogP contribution < -0.4 is 4.90 Å². The zero-order valence-electron chi connectivity index (χ0n) is 19.9. The minimum Gasteiger partial charge on any atom is -0.462 e. The minimum atomic E-state index is 0.0496. The number of nitrogens with one attached hydrogen (secondary N) is 1. The summed E-state index contributed by atoms with van der Waals surface area (Å²) in [6.45, 7) is 8.36. The first-order valence-electron chi connectivity index (χ1n) is 13.4. The summed E-state index contributed by atoms with van der Waals surface area (Å²) in [4.78, 5) is 26.4. The molecule has 0 aromatic rings. The third-order valence-electron chi connectivity index (χ3n) is 10.9. The standard InChI is InChI=1S/C27H43NO3/c1-26-13-10-20(29)18-19(26)6-7-21-22-8-9-24(27(22,2)14-11-23(21)26)31-25(30)12-17-28-15-4-3-5-16-28/h19,21-24H,3-18H2,1-2H3/p+1/t19-,21-,22+,23-,24-,26-,27+/m1/s1. The van der Waals surface area contributed by atoms with Crippen molar-refractivity contribution in [3.05, 3.63) is 0 Å². The van der Waals surface area contributed by atoms with Crippen LogP contribution in [0, 0.1) is 34.5 Å². The summed E-state index contributed by atoms with van der Waals surface area (Å²) >= 11 is 0. The van der Waals surface area contributed by atoms with E-state index in [4.69, 9.17) is 4.74 Å². The van der Waals surface area contributed by atoms with Gasteiger partial charge in [0.05, 0.1) is 26.1 Å². The predicted octanol–water partition coefficient (Wildman–Crippen LogP) is 3.97. The van der Waals surface area contributed by atoms with Crippen molar-refractivity contribution in [1.29, 1.82) is 0 Å². The van der Waals surface area contributed by atoms with E-state index < -0.39 is 0 Å². The Balaban J connectivity index is 1.22. The lowest BCUT2D eigenvalue weighted by Crippen LogP contribution is -3.12. The number of Topliss-reactive ketones (excluding diaryl/α,β-unsaturated/α-hetero) is 1. The lowest BCUT2D eigenvalue weighted by atomic mass is 9.45. The fourth-order valence-corrected chi connectivity index (χ4v) is 8.99. The predicted molar refractivity (Wildman–Crippen MR) is 121 cm³/mol. The van der Waals surface area contributed by atoms with Gasteiger partial charge in [-0.05, 0) is 93.3 Å². The molecule has 0 spiro atoms. The molecule has 0 amide bonds. The molecule has 0 unspecified atom stereocenters. The lowest BCUT2D eigenvalue weighted by Gasteiger charge is -2.60. The Labute approximate surface area is 188 Å². The van der Waals surface area contributed by atoms with E-state index >= 15 is 0 Å². The van der Waals surface area contributed by atoms with Gasteiger partial charge < -0.3 is 9.64 Å². The van der Waals surface area contributed by atoms with Crippen LogP contribution in [0.15, 0.2) is 0 Å². The van der Waals surface area contributed by atoms with E-state index in [9.17, 15) is 9.59 Å². The zero-order chi connectivity index (χ0) is 21.6. The van der Waals surface area contributed by atoms with Crippen molar-refractivity contribution >= 4 is 11.8 Å². The number of likely N-dealkylation sites (tertiary alicyclic amines) is 1. The van der Waals surface area contributed by atoms with Gasteiger partial charge in [0.25, 0.3) is 0 Å². The van der Waals surface area contributed by atoms with Crippen LogP contribution in [0.4, 0.5) is 0 Å². The first-order valence-corrected chi connectivity index (χ1v) is 13.4. The molecule has 31 heavy (non-hydrogen) atoms. The third-order valence-corrected chi connectivity index (χ3v) is 10.9. The molecule has 174 valence electrons. The summed E-state index contributed by atoms with van der Waals surface area (Å²) in [5.41, 5.74) is 0.534. The summed E-state index contributed by atoms with van der Waals surface area (Å²) in [5.74, 6) is 3.41. The first-order chi connectivity index (χ1) is 14.9. The molecule has 4 heteroatoms. The maximum atomic E-state index is 12.7. The summed E-state index contributed by atoms with van der Waals surface area (Å²) in [6.07, 6.45) is 14.7. The van der Waals surface area contributed by atoms with Gasteiger partial charge in [-0.25, -0.2) is 0 Å². The fourth-order valence-electron chi connectivity index (χ4n) is 8.99. The van der Waals surface area contributed by atoms with Gasteiger partial charge >= 0.3 is 5.97 Å². The number of hydrogen-bond donors (Lipinski definition) is 1. The lowest BCUT2D eigenvalue weighted by molar-refractivity contribution is -0.904. The highest BCUT2D eigenvalue weighted by molar-refractivity contribution is 5.79. The van der Waals surface area contributed by atoms with Crippen molar-refractivity contribution in [2.24, 2.45) is 34.5 Å². The van der Waals surface area contributed by atoms with E-state index in [-0.39, 0.29) is 17.5 Å². The third kappa shape index (κ3) is 3.89. The molecular formula is C27H44NO3+. The van der Waals surface area contributed by atoms with Gasteiger partial charge in [0.15, 0.2) is 0 Å². The Kier molecular flexibility index (Phi) is 5.99. The van der Waals surface area contributed by atoms with Crippen molar-refractivity contribution in [3.8, 4) is 0 Å². The molecule has 7 atom stereocenters. The van der Waals surface area contributed by atoms with Crippen molar-refractivity contribution in [3.63, 3.8) is 0 Å². The van der Waals surface area contributed by atoms with Crippen molar-refractivity contribution in [2.75, 3.05) is 19.6 Å². The molecule has 4 nitrogen and oxygen atoms in total. The van der Waals surface area contributed by atoms with Crippen molar-refractivity contribution in [2.45, 2.75) is 103 Å². The molecule has 5 fully saturated rings. The van der Waals surface area contributed by atoms with E-state index in [2.05, 4.69) is 13.8 Å². The molecule has 0 aromatic carbocycles. The Morgan fingerprint density at radius 1 is 0.968 bits per heavy atom. The summed E-state index contributed by atoms with van der Waals surface area (Å²) < 4.78 is 6.20. The van der Waals surface area contributed by atoms with Gasteiger partial charge in [0, 0.05) is 18.3 Å². The molecule has 0 aromatic heterocycles. The average Bonchev–Trinajstić information content (AvgIpc) is 3.10. The second kappa shape index (κ2) is 8.47. The number of fused-ring (bicyclic) bond motifs is 5. The van der Waals surface area contributed by atoms with E-state index in [1.807, 2.05) is 0 Å². The minimum absolute atomic E-state index is 0.0496. The highest BCUT2D eigenvalue weighted by Crippen LogP contribution is 2.66. The summed E-state index contributed by atoms with van der Waals surface area (Å²) in [5, 5.41) is 0. The molecule has 4 aliphatic carbocycles. The number of hydrogen-bond acceptors (Lipinski definition) is 3. The Hall–Kier alpha value is -0.900. The summed E-state index contributed by atoms with van der Waals surface area (Å²) in [6, 6.07) is 0. The highest BCUT2D eigenvalue weighted by atomic mass is 16.5. The van der Waals surface area contributed by atoms with Crippen LogP contribution in [0.25, 0.3) is 0 Å². The second-order valence-electron chi connectivity index (χ2n) is 12.3. The van der Waals surface area contributed by atoms with Crippen LogP contribution in [-0.2, 0) is 14.3 Å². The zero-order valence-corrected chi connectivity index (χ0v) is 19.9. The number of quaternary nitrogens is 1. The van der Waals surface area contributed by atoms with E-state index in [1.165, 1.54) is 64.5 Å². The van der Waals surface area contributed by atoms with Gasteiger partial charge in [0.1, 0.15) is 11.9 Å². The van der Waals surface area contributed by atoms with E-state index in [1.54, 1.807) is 4.90 Å². The molecule has 1 N–H and O–H groups in total. The quantitative estimate of drug-likeness (QED) is 0.687. The van der Waals surface area contributed by atoms with Crippen LogP contribution in [0.3, 0.4) is 0 Å². The topological polar surface area (TPSA) is 47.8 Å². The average molecular weight is 431 g/mol. The molecule has 5 rings (SSSR count). The van der Waals surface area contributed by atoms with Crippen LogP contribution in [0.2, 0.25) is 0 Å². The fraction of sp³-hybridized carbons (Fsp3) is 0.926. The summed E-state index contributed by atoms with van der Waals surface area (Å²) in [7, 11) is 0. The van der Waals surface area contributed by atoms with Gasteiger partial charge in [-0.2, -0.15) is 0 Å². The number of carbonyl (C=O) groups is 2. The van der Waals surface area contributed by atoms with Crippen LogP contribution in [0.5, 0.6) is 0 Å². The van der Waals surface area contributed by atoms with Crippen molar-refractivity contribution in [1.82, 2.24) is 0 Å². The molecule has 1 heterocycles. The number of rotatable bonds is 4. The SMILES string of the molecule is C[C@@]12CCC(=O)C[C@H]1CC[C@H]1[C@H]2CC[C@]2(C)[C@H](OC(=O)CC[NH+]3CCCCC3)CC[C@@H]12. The molecule has 1 saturated heterocycles.